The van der Waals surface area contributed by atoms with Crippen LogP contribution < -0.4 is 10.6 Å². The molecule has 1 aromatic carbocycles. The summed E-state index contributed by atoms with van der Waals surface area (Å²) in [5, 5.41) is 5.49. The van der Waals surface area contributed by atoms with Crippen molar-refractivity contribution in [1.29, 1.82) is 0 Å². The van der Waals surface area contributed by atoms with E-state index in [1.165, 1.54) is 12.1 Å². The van der Waals surface area contributed by atoms with Crippen molar-refractivity contribution in [3.63, 3.8) is 0 Å². The van der Waals surface area contributed by atoms with Crippen LogP contribution in [0.2, 0.25) is 0 Å². The molecule has 20 heavy (non-hydrogen) atoms. The summed E-state index contributed by atoms with van der Waals surface area (Å²) in [7, 11) is 0. The Hall–Kier alpha value is -1.34. The summed E-state index contributed by atoms with van der Waals surface area (Å²) in [5.74, 6) is -0.378. The van der Waals surface area contributed by atoms with Crippen LogP contribution in [0.3, 0.4) is 0 Å². The minimum absolute atomic E-state index is 0.0544. The number of alkyl halides is 3. The normalized spacial score (nSPS) is 14.8. The fraction of sp³-hybridized carbons (Fsp3) is 0.308. The van der Waals surface area contributed by atoms with Gasteiger partial charge in [-0.3, -0.25) is 4.79 Å². The smallest absolute Gasteiger partial charge is 0.322 e. The molecule has 1 fully saturated rings. The third-order valence-electron chi connectivity index (χ3n) is 3.08. The molecule has 0 saturated carbocycles. The Bertz CT molecular complexity index is 575. The number of halogens is 4. The second kappa shape index (κ2) is 5.57. The largest absolute Gasteiger partial charge is 0.417 e. The fourth-order valence-electron chi connectivity index (χ4n) is 1.72. The van der Waals surface area contributed by atoms with Crippen molar-refractivity contribution in [2.45, 2.75) is 13.1 Å². The van der Waals surface area contributed by atoms with Crippen LogP contribution in [-0.4, -0.2) is 19.0 Å². The van der Waals surface area contributed by atoms with Gasteiger partial charge in [0.1, 0.15) is 0 Å². The number of rotatable bonds is 2. The Kier molecular flexibility index (Phi) is 4.19. The van der Waals surface area contributed by atoms with Crippen molar-refractivity contribution < 1.29 is 18.0 Å². The molecule has 7 heteroatoms. The molecule has 2 N–H and O–H groups in total. The van der Waals surface area contributed by atoms with Gasteiger partial charge in [-0.1, -0.05) is 15.9 Å². The molecule has 1 amide bonds. The lowest BCUT2D eigenvalue weighted by Gasteiger charge is -2.21. The number of hydrogen-bond acceptors (Lipinski definition) is 2. The molecule has 1 aromatic rings. The van der Waals surface area contributed by atoms with Crippen molar-refractivity contribution >= 4 is 27.5 Å². The molecule has 1 heterocycles. The van der Waals surface area contributed by atoms with E-state index in [2.05, 4.69) is 26.6 Å². The first-order valence-corrected chi connectivity index (χ1v) is 6.66. The van der Waals surface area contributed by atoms with Crippen molar-refractivity contribution in [1.82, 2.24) is 5.32 Å². The molecule has 1 saturated heterocycles. The van der Waals surface area contributed by atoms with Gasteiger partial charge in [0.2, 0.25) is 0 Å². The zero-order valence-corrected chi connectivity index (χ0v) is 12.2. The van der Waals surface area contributed by atoms with Crippen LogP contribution in [0.1, 0.15) is 12.5 Å². The average Bonchev–Trinajstić information content (AvgIpc) is 2.27. The summed E-state index contributed by atoms with van der Waals surface area (Å²) in [6.45, 7) is 2.95. The van der Waals surface area contributed by atoms with Crippen molar-refractivity contribution in [3.05, 3.63) is 39.4 Å². The molecule has 108 valence electrons. The van der Waals surface area contributed by atoms with Crippen LogP contribution >= 0.6 is 15.9 Å². The van der Waals surface area contributed by atoms with Gasteiger partial charge in [-0.15, -0.1) is 0 Å². The number of carbonyl (C=O) groups excluding carboxylic acids is 1. The van der Waals surface area contributed by atoms with Crippen LogP contribution in [0.4, 0.5) is 18.9 Å². The van der Waals surface area contributed by atoms with E-state index in [0.29, 0.717) is 18.7 Å². The summed E-state index contributed by atoms with van der Waals surface area (Å²) in [5.41, 5.74) is 0.819. The Morgan fingerprint density at radius 1 is 1.35 bits per heavy atom. The molecule has 0 unspecified atom stereocenters. The minimum atomic E-state index is -4.47. The summed E-state index contributed by atoms with van der Waals surface area (Å²) in [6, 6.07) is 3.61. The van der Waals surface area contributed by atoms with E-state index >= 15 is 0 Å². The standard InChI is InChI=1S/C13H12BrF3N2O/c1-7(8-5-18-6-8)12(20)19-9-2-3-11(14)10(4-9)13(15,16)17/h2-4,18H,5-6H2,1H3,(H,19,20). The van der Waals surface area contributed by atoms with E-state index in [4.69, 9.17) is 0 Å². The fourth-order valence-corrected chi connectivity index (χ4v) is 2.19. The Balaban J connectivity index is 2.20. The highest BCUT2D eigenvalue weighted by molar-refractivity contribution is 9.10. The summed E-state index contributed by atoms with van der Waals surface area (Å²) < 4.78 is 38.2. The second-order valence-corrected chi connectivity index (χ2v) is 5.33. The maximum absolute atomic E-state index is 12.8. The predicted octanol–water partition coefficient (Wildman–Crippen LogP) is 3.33. The molecule has 0 bridgehead atoms. The lowest BCUT2D eigenvalue weighted by Crippen LogP contribution is -2.36. The summed E-state index contributed by atoms with van der Waals surface area (Å²) >= 11 is 2.85. The van der Waals surface area contributed by atoms with E-state index in [-0.39, 0.29) is 16.1 Å². The molecule has 0 radical (unpaired) electrons. The second-order valence-electron chi connectivity index (χ2n) is 4.48. The minimum Gasteiger partial charge on any atom is -0.322 e. The lowest BCUT2D eigenvalue weighted by molar-refractivity contribution is -0.138. The first-order chi connectivity index (χ1) is 9.29. The number of carbonyl (C=O) groups is 1. The molecule has 0 aliphatic carbocycles. The lowest BCUT2D eigenvalue weighted by atomic mass is 10.0. The number of benzene rings is 1. The van der Waals surface area contributed by atoms with Gasteiger partial charge in [-0.2, -0.15) is 13.2 Å². The summed E-state index contributed by atoms with van der Waals surface area (Å²) in [6.07, 6.45) is -4.47. The molecule has 2 rings (SSSR count). The molecule has 1 aliphatic heterocycles. The molecule has 0 aromatic heterocycles. The van der Waals surface area contributed by atoms with Crippen molar-refractivity contribution in [2.24, 2.45) is 0 Å². The average molecular weight is 349 g/mol. The van der Waals surface area contributed by atoms with Crippen LogP contribution in [0.5, 0.6) is 0 Å². The van der Waals surface area contributed by atoms with Gasteiger partial charge < -0.3 is 10.6 Å². The van der Waals surface area contributed by atoms with Gasteiger partial charge in [0.15, 0.2) is 0 Å². The zero-order valence-electron chi connectivity index (χ0n) is 10.6. The van der Waals surface area contributed by atoms with Crippen molar-refractivity contribution in [3.8, 4) is 0 Å². The third kappa shape index (κ3) is 3.21. The Morgan fingerprint density at radius 3 is 2.50 bits per heavy atom. The number of amides is 1. The summed E-state index contributed by atoms with van der Waals surface area (Å²) in [4.78, 5) is 11.9. The molecule has 0 atom stereocenters. The molecule has 3 nitrogen and oxygen atoms in total. The van der Waals surface area contributed by atoms with Crippen LogP contribution in [0.25, 0.3) is 0 Å². The monoisotopic (exact) mass is 348 g/mol. The number of nitrogens with one attached hydrogen (secondary N) is 2. The van der Waals surface area contributed by atoms with Gasteiger partial charge in [-0.25, -0.2) is 0 Å². The van der Waals surface area contributed by atoms with Gasteiger partial charge in [0, 0.05) is 28.8 Å². The maximum Gasteiger partial charge on any atom is 0.417 e. The van der Waals surface area contributed by atoms with E-state index in [9.17, 15) is 18.0 Å². The Morgan fingerprint density at radius 2 is 2.00 bits per heavy atom. The topological polar surface area (TPSA) is 41.1 Å². The maximum atomic E-state index is 12.8. The van der Waals surface area contributed by atoms with E-state index < -0.39 is 11.7 Å². The van der Waals surface area contributed by atoms with Gasteiger partial charge in [-0.05, 0) is 30.7 Å². The molecular weight excluding hydrogens is 337 g/mol. The number of hydrogen-bond donors (Lipinski definition) is 2. The van der Waals surface area contributed by atoms with Crippen LogP contribution in [-0.2, 0) is 11.0 Å². The predicted molar refractivity (Wildman–Crippen MR) is 73.3 cm³/mol. The van der Waals surface area contributed by atoms with Gasteiger partial charge >= 0.3 is 6.18 Å². The van der Waals surface area contributed by atoms with Crippen LogP contribution in [0.15, 0.2) is 33.8 Å². The highest BCUT2D eigenvalue weighted by Crippen LogP contribution is 2.36. The van der Waals surface area contributed by atoms with Gasteiger partial charge in [0.05, 0.1) is 5.56 Å². The molecule has 0 spiro atoms. The Labute approximate surface area is 122 Å². The van der Waals surface area contributed by atoms with Crippen molar-refractivity contribution in [2.75, 3.05) is 18.4 Å². The highest BCUT2D eigenvalue weighted by atomic mass is 79.9. The van der Waals surface area contributed by atoms with E-state index in [1.54, 1.807) is 6.92 Å². The quantitative estimate of drug-likeness (QED) is 0.805. The molecule has 1 aliphatic rings. The number of anilines is 1. The van der Waals surface area contributed by atoms with Crippen LogP contribution in [0, 0.1) is 0 Å². The van der Waals surface area contributed by atoms with E-state index in [0.717, 1.165) is 11.6 Å². The van der Waals surface area contributed by atoms with Gasteiger partial charge in [0.25, 0.3) is 5.91 Å². The molecular formula is C13H12BrF3N2O. The highest BCUT2D eigenvalue weighted by Gasteiger charge is 2.33. The zero-order chi connectivity index (χ0) is 14.9. The SMILES string of the molecule is CC(C(=O)Nc1ccc(Br)c(C(F)(F)F)c1)=C1CNC1. The van der Waals surface area contributed by atoms with E-state index in [1.807, 2.05) is 0 Å². The first kappa shape index (κ1) is 15.1. The first-order valence-electron chi connectivity index (χ1n) is 5.86. The third-order valence-corrected chi connectivity index (χ3v) is 3.77.